The summed E-state index contributed by atoms with van der Waals surface area (Å²) in [5.41, 5.74) is 7.02. The summed E-state index contributed by atoms with van der Waals surface area (Å²) in [4.78, 5) is 16.0. The van der Waals surface area contributed by atoms with E-state index >= 15 is 0 Å². The Morgan fingerprint density at radius 1 is 1.56 bits per heavy atom. The molecule has 0 aliphatic rings. The van der Waals surface area contributed by atoms with E-state index in [0.29, 0.717) is 24.4 Å². The van der Waals surface area contributed by atoms with Crippen molar-refractivity contribution in [2.75, 3.05) is 18.9 Å². The molecule has 0 spiro atoms. The highest BCUT2D eigenvalue weighted by Crippen LogP contribution is 2.12. The Kier molecular flexibility index (Phi) is 4.67. The molecule has 0 aromatic carbocycles. The van der Waals surface area contributed by atoms with E-state index < -0.39 is 5.60 Å². The van der Waals surface area contributed by atoms with E-state index in [2.05, 4.69) is 10.3 Å². The number of pyridine rings is 1. The van der Waals surface area contributed by atoms with Gasteiger partial charge in [0.05, 0.1) is 11.2 Å². The molecule has 0 aliphatic carbocycles. The molecule has 100 valence electrons. The third-order valence-electron chi connectivity index (χ3n) is 2.53. The summed E-state index contributed by atoms with van der Waals surface area (Å²) in [7, 11) is 0. The predicted octanol–water partition coefficient (Wildman–Crippen LogP) is 1.52. The number of ether oxygens (including phenoxy) is 1. The van der Waals surface area contributed by atoms with E-state index in [9.17, 15) is 4.79 Å². The number of nitrogens with two attached hydrogens (primary N) is 1. The van der Waals surface area contributed by atoms with Crippen LogP contribution in [0.2, 0.25) is 0 Å². The average molecular weight is 251 g/mol. The lowest BCUT2D eigenvalue weighted by Crippen LogP contribution is -2.40. The number of hydrogen-bond acceptors (Lipinski definition) is 4. The van der Waals surface area contributed by atoms with Crippen LogP contribution in [-0.2, 0) is 4.74 Å². The van der Waals surface area contributed by atoms with Gasteiger partial charge in [-0.05, 0) is 33.8 Å². The van der Waals surface area contributed by atoms with Crippen LogP contribution in [0.25, 0.3) is 0 Å². The van der Waals surface area contributed by atoms with E-state index in [0.717, 1.165) is 5.69 Å². The molecule has 0 unspecified atom stereocenters. The van der Waals surface area contributed by atoms with Crippen LogP contribution < -0.4 is 11.1 Å². The molecular formula is C13H21N3O2. The van der Waals surface area contributed by atoms with Crippen molar-refractivity contribution in [2.24, 2.45) is 0 Å². The molecule has 18 heavy (non-hydrogen) atoms. The standard InChI is InChI=1S/C13H21N3O2/c1-5-18-13(3,4)8-16-12(17)10-7-15-9(2)6-11(10)14/h6-7H,5,8H2,1-4H3,(H2,14,15)(H,16,17). The summed E-state index contributed by atoms with van der Waals surface area (Å²) >= 11 is 0. The van der Waals surface area contributed by atoms with Gasteiger partial charge < -0.3 is 15.8 Å². The van der Waals surface area contributed by atoms with Gasteiger partial charge in [0.25, 0.3) is 5.91 Å². The van der Waals surface area contributed by atoms with E-state index in [1.54, 1.807) is 6.07 Å². The number of rotatable bonds is 5. The fourth-order valence-electron chi connectivity index (χ4n) is 1.60. The van der Waals surface area contributed by atoms with E-state index in [1.807, 2.05) is 27.7 Å². The number of aromatic nitrogens is 1. The lowest BCUT2D eigenvalue weighted by atomic mass is 10.1. The number of anilines is 1. The fourth-order valence-corrected chi connectivity index (χ4v) is 1.60. The van der Waals surface area contributed by atoms with Crippen LogP contribution in [0.15, 0.2) is 12.3 Å². The number of carbonyl (C=O) groups is 1. The van der Waals surface area contributed by atoms with E-state index in [1.165, 1.54) is 6.20 Å². The number of hydrogen-bond donors (Lipinski definition) is 2. The first-order chi connectivity index (χ1) is 8.35. The first kappa shape index (κ1) is 14.4. The Balaban J connectivity index is 2.66. The maximum atomic E-state index is 11.9. The van der Waals surface area contributed by atoms with Gasteiger partial charge in [0.15, 0.2) is 0 Å². The smallest absolute Gasteiger partial charge is 0.255 e. The topological polar surface area (TPSA) is 77.2 Å². The molecule has 1 aromatic heterocycles. The SMILES string of the molecule is CCOC(C)(C)CNC(=O)c1cnc(C)cc1N. The number of amides is 1. The summed E-state index contributed by atoms with van der Waals surface area (Å²) in [6, 6.07) is 1.68. The van der Waals surface area contributed by atoms with Crippen LogP contribution in [0.4, 0.5) is 5.69 Å². The molecule has 0 fully saturated rings. The Labute approximate surface area is 108 Å². The molecule has 0 saturated carbocycles. The molecule has 0 aliphatic heterocycles. The summed E-state index contributed by atoms with van der Waals surface area (Å²) in [5.74, 6) is -0.229. The van der Waals surface area contributed by atoms with Crippen molar-refractivity contribution < 1.29 is 9.53 Å². The van der Waals surface area contributed by atoms with Crippen molar-refractivity contribution in [1.82, 2.24) is 10.3 Å². The summed E-state index contributed by atoms with van der Waals surface area (Å²) in [6.07, 6.45) is 1.49. The molecule has 1 heterocycles. The van der Waals surface area contributed by atoms with Crippen LogP contribution in [0, 0.1) is 6.92 Å². The van der Waals surface area contributed by atoms with Gasteiger partial charge in [-0.1, -0.05) is 0 Å². The molecule has 3 N–H and O–H groups in total. The van der Waals surface area contributed by atoms with Gasteiger partial charge in [-0.25, -0.2) is 0 Å². The minimum Gasteiger partial charge on any atom is -0.398 e. The van der Waals surface area contributed by atoms with Crippen LogP contribution in [0.5, 0.6) is 0 Å². The first-order valence-electron chi connectivity index (χ1n) is 6.00. The van der Waals surface area contributed by atoms with Crippen molar-refractivity contribution in [2.45, 2.75) is 33.3 Å². The van der Waals surface area contributed by atoms with Crippen molar-refractivity contribution in [3.63, 3.8) is 0 Å². The van der Waals surface area contributed by atoms with Gasteiger partial charge in [0.2, 0.25) is 0 Å². The highest BCUT2D eigenvalue weighted by Gasteiger charge is 2.19. The largest absolute Gasteiger partial charge is 0.398 e. The number of nitrogens with zero attached hydrogens (tertiary/aromatic N) is 1. The molecule has 5 heteroatoms. The van der Waals surface area contributed by atoms with Crippen molar-refractivity contribution in [1.29, 1.82) is 0 Å². The maximum absolute atomic E-state index is 11.9. The second-order valence-electron chi connectivity index (χ2n) is 4.79. The summed E-state index contributed by atoms with van der Waals surface area (Å²) in [5, 5.41) is 2.80. The number of nitrogen functional groups attached to an aromatic ring is 1. The highest BCUT2D eigenvalue weighted by molar-refractivity contribution is 5.98. The van der Waals surface area contributed by atoms with Gasteiger partial charge in [0.1, 0.15) is 0 Å². The lowest BCUT2D eigenvalue weighted by Gasteiger charge is -2.24. The molecule has 0 atom stereocenters. The molecule has 0 saturated heterocycles. The van der Waals surface area contributed by atoms with Gasteiger partial charge in [-0.15, -0.1) is 0 Å². The zero-order valence-corrected chi connectivity index (χ0v) is 11.4. The Morgan fingerprint density at radius 3 is 2.78 bits per heavy atom. The van der Waals surface area contributed by atoms with Crippen LogP contribution in [-0.4, -0.2) is 29.6 Å². The molecular weight excluding hydrogens is 230 g/mol. The van der Waals surface area contributed by atoms with Gasteiger partial charge in [-0.3, -0.25) is 9.78 Å². The minimum absolute atomic E-state index is 0.229. The average Bonchev–Trinajstić information content (AvgIpc) is 2.26. The van der Waals surface area contributed by atoms with Gasteiger partial charge >= 0.3 is 0 Å². The molecule has 5 nitrogen and oxygen atoms in total. The van der Waals surface area contributed by atoms with Gasteiger partial charge in [0, 0.05) is 30.7 Å². The zero-order valence-electron chi connectivity index (χ0n) is 11.4. The number of carbonyl (C=O) groups excluding carboxylic acids is 1. The second-order valence-corrected chi connectivity index (χ2v) is 4.79. The fraction of sp³-hybridized carbons (Fsp3) is 0.538. The quantitative estimate of drug-likeness (QED) is 0.831. The summed E-state index contributed by atoms with van der Waals surface area (Å²) < 4.78 is 5.50. The third-order valence-corrected chi connectivity index (χ3v) is 2.53. The van der Waals surface area contributed by atoms with E-state index in [4.69, 9.17) is 10.5 Å². The zero-order chi connectivity index (χ0) is 13.8. The highest BCUT2D eigenvalue weighted by atomic mass is 16.5. The molecule has 0 radical (unpaired) electrons. The molecule has 0 bridgehead atoms. The Morgan fingerprint density at radius 2 is 2.22 bits per heavy atom. The maximum Gasteiger partial charge on any atom is 0.255 e. The normalized spacial score (nSPS) is 11.3. The van der Waals surface area contributed by atoms with Crippen LogP contribution in [0.1, 0.15) is 36.8 Å². The second kappa shape index (κ2) is 5.82. The number of nitrogens with one attached hydrogen (secondary N) is 1. The molecule has 1 rings (SSSR count). The first-order valence-corrected chi connectivity index (χ1v) is 6.00. The predicted molar refractivity (Wildman–Crippen MR) is 71.4 cm³/mol. The van der Waals surface area contributed by atoms with Crippen LogP contribution >= 0.6 is 0 Å². The Bertz CT molecular complexity index is 430. The van der Waals surface area contributed by atoms with Crippen molar-refractivity contribution in [3.8, 4) is 0 Å². The van der Waals surface area contributed by atoms with Gasteiger partial charge in [-0.2, -0.15) is 0 Å². The van der Waals surface area contributed by atoms with Crippen molar-refractivity contribution >= 4 is 11.6 Å². The monoisotopic (exact) mass is 251 g/mol. The van der Waals surface area contributed by atoms with Crippen LogP contribution in [0.3, 0.4) is 0 Å². The van der Waals surface area contributed by atoms with Crippen molar-refractivity contribution in [3.05, 3.63) is 23.5 Å². The third kappa shape index (κ3) is 4.00. The Hall–Kier alpha value is -1.62. The lowest BCUT2D eigenvalue weighted by molar-refractivity contribution is -0.00815. The summed E-state index contributed by atoms with van der Waals surface area (Å²) in [6.45, 7) is 8.63. The van der Waals surface area contributed by atoms with E-state index in [-0.39, 0.29) is 5.91 Å². The number of aryl methyl sites for hydroxylation is 1. The molecule has 1 amide bonds. The molecule has 1 aromatic rings. The minimum atomic E-state index is -0.392.